The van der Waals surface area contributed by atoms with Crippen LogP contribution in [-0.4, -0.2) is 307 Å². The van der Waals surface area contributed by atoms with Crippen molar-refractivity contribution in [3.05, 3.63) is 0 Å². The number of nitrogens with zero attached hydrogens (tertiary/aromatic N) is 3. The highest BCUT2D eigenvalue weighted by molar-refractivity contribution is 7.75. The fraction of sp³-hybridized carbons (Fsp3) is 1.00. The third-order valence-electron chi connectivity index (χ3n) is 7.82. The van der Waals surface area contributed by atoms with Crippen LogP contribution in [0.1, 0.15) is 0 Å². The molecule has 101 heavy (non-hydrogen) atoms. The molecule has 0 spiro atoms. The smallest absolute Gasteiger partial charge is 0.329 e. The van der Waals surface area contributed by atoms with Crippen LogP contribution in [0.2, 0.25) is 0 Å². The van der Waals surface area contributed by atoms with Gasteiger partial charge in [-0.2, -0.15) is 0 Å². The Kier molecular flexibility index (Phi) is 49.6. The molecule has 0 aromatic heterocycles. The first-order valence-corrected chi connectivity index (χ1v) is 57.1. The van der Waals surface area contributed by atoms with Crippen LogP contribution in [0.5, 0.6) is 0 Å². The van der Waals surface area contributed by atoms with E-state index in [9.17, 15) is 189 Å². The van der Waals surface area contributed by atoms with Gasteiger partial charge >= 0.3 is 152 Å². The third-order valence-corrected chi connectivity index (χ3v) is 40.6. The van der Waals surface area contributed by atoms with E-state index >= 15 is 0 Å². The molecular formula is C16H71N5O60P20. The molecule has 0 aliphatic carbocycles. The molecule has 0 rings (SSSR count). The number of hydrogen-bond acceptors (Lipinski definition) is 25. The summed E-state index contributed by atoms with van der Waals surface area (Å²) >= 11 is 0. The molecule has 44 N–H and O–H groups in total. The lowest BCUT2D eigenvalue weighted by Crippen LogP contribution is -2.51. The fourth-order valence-electron chi connectivity index (χ4n) is 5.68. The summed E-state index contributed by atoms with van der Waals surface area (Å²) in [6.07, 6.45) is 0. The monoisotopic (exact) mass is 1910 g/mol. The highest BCUT2D eigenvalue weighted by atomic mass is 31.3. The van der Waals surface area contributed by atoms with Crippen LogP contribution >= 0.6 is 152 Å². The molecule has 0 unspecified atom stereocenters. The molecule has 0 amide bonds. The summed E-state index contributed by atoms with van der Waals surface area (Å²) in [6.45, 7) is -7.37. The zero-order chi connectivity index (χ0) is 84.4. The molecule has 65 nitrogen and oxygen atoms in total. The SMILES string of the molecule is NCCN.O=P(O)(O)C(N(CCN(C(P(=O)(O)O)P(=O)(O)O)C(P(=O)(O)O)P(=O)(O)O)CCN(C(P(=O)(O)O)P(=O)(O)O)C(P(=O)(O)O)P(=O)(O)O)P(=O)(O)O.O=P(O)(O)CP(=O)(O)O.O=P(O)(O)CP(=O)(O)O.O=P(O)(O)CP(=O)(O)O.O=P(O)(O)CP(=O)(O)O.O=P(O)(O)CP(=O)(O)O. The molecule has 0 aliphatic rings. The van der Waals surface area contributed by atoms with Crippen molar-refractivity contribution in [1.82, 2.24) is 14.7 Å². The van der Waals surface area contributed by atoms with E-state index in [1.165, 1.54) is 0 Å². The van der Waals surface area contributed by atoms with E-state index in [0.29, 0.717) is 13.1 Å². The van der Waals surface area contributed by atoms with Crippen molar-refractivity contribution in [1.29, 1.82) is 0 Å². The standard InChI is InChI=1S/C9H33N3O30P10.C2H8N2.5CH6O6P2/c13-43(14,15)5(44(16,17)18)10(1-3-11(6(45(19,20)21)46(22,23)24)7(47(25,26)27)48(28,29)30)2-4-12(8(49(31,32)33)50(34,35)36)9(51(37,38)39)52(40,41)42;3-1-2-4;5*2-8(3,4)1-9(5,6)7/h5-9H,1-4H2,(H2,13,14,15)(H2,16,17,18)(H2,19,20,21)(H2,22,23,24)(H2,25,26,27)(H2,28,29,30)(H2,31,32,33)(H2,34,35,36)(H2,37,38,39)(H2,40,41,42);1-4H2;5*1H2,(H2,2,3,4)(H2,5,6,7). The van der Waals surface area contributed by atoms with Crippen LogP contribution < -0.4 is 11.5 Å². The second-order valence-corrected chi connectivity index (χ2v) is 55.7. The van der Waals surface area contributed by atoms with E-state index < -0.39 is 250 Å². The zero-order valence-corrected chi connectivity index (χ0v) is 66.0. The average Bonchev–Trinajstić information content (AvgIpc) is 0.764. The fourth-order valence-corrected chi connectivity index (χ4v) is 30.4. The molecule has 0 aliphatic heterocycles. The van der Waals surface area contributed by atoms with Gasteiger partial charge in [-0.25, -0.2) is 0 Å². The summed E-state index contributed by atoms with van der Waals surface area (Å²) in [7, 11) is -112. The summed E-state index contributed by atoms with van der Waals surface area (Å²) in [6, 6.07) is 0. The largest absolute Gasteiger partial charge is 0.355 e. The molecule has 0 saturated heterocycles. The van der Waals surface area contributed by atoms with Crippen LogP contribution in [0.25, 0.3) is 0 Å². The van der Waals surface area contributed by atoms with Gasteiger partial charge in [0.15, 0.2) is 29.5 Å². The first-order chi connectivity index (χ1) is 42.6. The summed E-state index contributed by atoms with van der Waals surface area (Å²) in [5, 5.41) is 0. The number of hydrogen-bond donors (Lipinski definition) is 42. The lowest BCUT2D eigenvalue weighted by atomic mass is 10.4. The van der Waals surface area contributed by atoms with Crippen LogP contribution in [-0.2, 0) is 91.3 Å². The van der Waals surface area contributed by atoms with Crippen molar-refractivity contribution >= 4 is 152 Å². The van der Waals surface area contributed by atoms with Gasteiger partial charge in [-0.15, -0.1) is 0 Å². The minimum Gasteiger partial charge on any atom is -0.329 e. The highest BCUT2D eigenvalue weighted by Crippen LogP contribution is 2.71. The summed E-state index contributed by atoms with van der Waals surface area (Å²) in [5.41, 5.74) is -10.1. The first-order valence-electron chi connectivity index (χ1n) is 22.3. The van der Waals surface area contributed by atoms with Crippen LogP contribution in [0, 0.1) is 0 Å². The molecule has 0 radical (unpaired) electrons. The van der Waals surface area contributed by atoms with Crippen molar-refractivity contribution in [2.75, 3.05) is 68.8 Å². The van der Waals surface area contributed by atoms with E-state index in [-0.39, 0.29) is 0 Å². The summed E-state index contributed by atoms with van der Waals surface area (Å²) in [4.78, 5) is 349. The van der Waals surface area contributed by atoms with E-state index in [4.69, 9.17) is 109 Å². The Bertz CT molecular complexity index is 2960. The number of rotatable bonds is 32. The van der Waals surface area contributed by atoms with Crippen molar-refractivity contribution in [3.63, 3.8) is 0 Å². The van der Waals surface area contributed by atoms with Crippen molar-refractivity contribution in [3.8, 4) is 0 Å². The molecule has 0 bridgehead atoms. The van der Waals surface area contributed by atoms with Gasteiger partial charge in [0, 0.05) is 39.3 Å². The molecule has 620 valence electrons. The normalized spacial score (nSPS) is 14.6. The number of nitrogens with two attached hydrogens (primary N) is 2. The Morgan fingerprint density at radius 2 is 0.277 bits per heavy atom. The topological polar surface area (TPSA) is 1210 Å². The molecular weight excluding hydrogens is 1840 g/mol. The molecule has 0 aromatic carbocycles. The van der Waals surface area contributed by atoms with Crippen LogP contribution in [0.4, 0.5) is 0 Å². The first kappa shape index (κ1) is 117. The Labute approximate surface area is 559 Å². The minimum atomic E-state index is -6.63. The van der Waals surface area contributed by atoms with Gasteiger partial charge in [0.1, 0.15) is 0 Å². The van der Waals surface area contributed by atoms with Crippen molar-refractivity contribution in [2.45, 2.75) is 27.6 Å². The maximum atomic E-state index is 12.3. The quantitative estimate of drug-likeness (QED) is 0.0278. The predicted octanol–water partition coefficient (Wildman–Crippen LogP) is -9.51. The summed E-state index contributed by atoms with van der Waals surface area (Å²) < 4.78 is 220. The van der Waals surface area contributed by atoms with E-state index in [0.717, 1.165) is 0 Å². The van der Waals surface area contributed by atoms with Gasteiger partial charge in [-0.05, 0) is 0 Å². The van der Waals surface area contributed by atoms with E-state index in [1.807, 2.05) is 0 Å². The zero-order valence-electron chi connectivity index (χ0n) is 48.2. The average molecular weight is 1910 g/mol. The maximum absolute atomic E-state index is 12.3. The Morgan fingerprint density at radius 3 is 0.337 bits per heavy atom. The van der Waals surface area contributed by atoms with Crippen LogP contribution in [0.3, 0.4) is 0 Å². The second kappa shape index (κ2) is 42.8. The van der Waals surface area contributed by atoms with Gasteiger partial charge in [0.25, 0.3) is 0 Å². The highest BCUT2D eigenvalue weighted by Gasteiger charge is 2.61. The maximum Gasteiger partial charge on any atom is 0.355 e. The third kappa shape index (κ3) is 68.2. The molecule has 0 atom stereocenters. The Hall–Kier alpha value is 2.80. The van der Waals surface area contributed by atoms with Gasteiger partial charge in [0.05, 0.1) is 0 Å². The molecule has 0 fully saturated rings. The Morgan fingerprint density at radius 1 is 0.178 bits per heavy atom. The Balaban J connectivity index is -0.000000283. The minimum absolute atomic E-state index is 0.582. The lowest BCUT2D eigenvalue weighted by molar-refractivity contribution is 0.141. The molecule has 85 heteroatoms. The molecule has 0 aromatic rings. The van der Waals surface area contributed by atoms with E-state index in [1.54, 1.807) is 0 Å². The lowest BCUT2D eigenvalue weighted by Gasteiger charge is -2.41. The summed E-state index contributed by atoms with van der Waals surface area (Å²) in [5.74, 6) is -6.88. The van der Waals surface area contributed by atoms with Gasteiger partial charge in [-0.1, -0.05) is 0 Å². The van der Waals surface area contributed by atoms with Crippen molar-refractivity contribution < 1.29 is 287 Å². The van der Waals surface area contributed by atoms with Crippen LogP contribution in [0.15, 0.2) is 0 Å². The second-order valence-electron chi connectivity index (χ2n) is 18.1. The van der Waals surface area contributed by atoms with Crippen molar-refractivity contribution in [2.24, 2.45) is 11.5 Å². The van der Waals surface area contributed by atoms with Gasteiger partial charge < -0.3 is 207 Å². The van der Waals surface area contributed by atoms with Gasteiger partial charge in [0.2, 0.25) is 27.6 Å². The predicted molar refractivity (Wildman–Crippen MR) is 327 cm³/mol. The van der Waals surface area contributed by atoms with E-state index in [2.05, 4.69) is 0 Å². The molecule has 0 heterocycles. The molecule has 0 saturated carbocycles. The van der Waals surface area contributed by atoms with Gasteiger partial charge in [-0.3, -0.25) is 106 Å².